The van der Waals surface area contributed by atoms with E-state index in [0.29, 0.717) is 5.56 Å². The quantitative estimate of drug-likeness (QED) is 0.852. The first-order chi connectivity index (χ1) is 9.56. The molecule has 2 aromatic rings. The number of nitriles is 1. The van der Waals surface area contributed by atoms with Crippen molar-refractivity contribution in [2.75, 3.05) is 7.11 Å². The second kappa shape index (κ2) is 5.41. The van der Waals surface area contributed by atoms with E-state index < -0.39 is 11.8 Å². The van der Waals surface area contributed by atoms with Gasteiger partial charge in [0, 0.05) is 5.56 Å². The summed E-state index contributed by atoms with van der Waals surface area (Å²) >= 11 is 0. The van der Waals surface area contributed by atoms with Crippen LogP contribution in [0.5, 0.6) is 5.75 Å². The number of ether oxygens (including phenoxy) is 1. The Labute approximate surface area is 114 Å². The minimum atomic E-state index is -0.627. The van der Waals surface area contributed by atoms with E-state index in [2.05, 4.69) is 4.74 Å². The largest absolute Gasteiger partial charge is 0.507 e. The average Bonchev–Trinajstić information content (AvgIpc) is 2.46. The fourth-order valence-electron chi connectivity index (χ4n) is 1.79. The molecule has 5 heteroatoms. The number of carbonyl (C=O) groups is 1. The molecule has 0 saturated carbocycles. The number of phenols is 1. The van der Waals surface area contributed by atoms with Gasteiger partial charge < -0.3 is 9.84 Å². The molecule has 0 aliphatic carbocycles. The Bertz CT molecular complexity index is 720. The van der Waals surface area contributed by atoms with Gasteiger partial charge in [0.2, 0.25) is 0 Å². The number of esters is 1. The summed E-state index contributed by atoms with van der Waals surface area (Å²) in [5.74, 6) is -1.46. The predicted octanol–water partition coefficient (Wildman–Crippen LogP) is 2.86. The maximum Gasteiger partial charge on any atom is 0.337 e. The molecular weight excluding hydrogens is 261 g/mol. The van der Waals surface area contributed by atoms with Crippen LogP contribution >= 0.6 is 0 Å². The minimum Gasteiger partial charge on any atom is -0.507 e. The van der Waals surface area contributed by atoms with Gasteiger partial charge in [-0.1, -0.05) is 12.1 Å². The molecule has 20 heavy (non-hydrogen) atoms. The number of halogens is 1. The molecule has 100 valence electrons. The minimum absolute atomic E-state index is 0.103. The molecule has 0 bridgehead atoms. The zero-order valence-corrected chi connectivity index (χ0v) is 10.6. The smallest absolute Gasteiger partial charge is 0.337 e. The lowest BCUT2D eigenvalue weighted by atomic mass is 10.0. The molecule has 0 radical (unpaired) electrons. The lowest BCUT2D eigenvalue weighted by Crippen LogP contribution is -2.01. The van der Waals surface area contributed by atoms with E-state index in [-0.39, 0.29) is 22.4 Å². The van der Waals surface area contributed by atoms with E-state index in [1.807, 2.05) is 6.07 Å². The summed E-state index contributed by atoms with van der Waals surface area (Å²) in [5.41, 5.74) is 0.847. The van der Waals surface area contributed by atoms with E-state index >= 15 is 0 Å². The van der Waals surface area contributed by atoms with Crippen LogP contribution in [0.4, 0.5) is 4.39 Å². The van der Waals surface area contributed by atoms with Crippen molar-refractivity contribution in [3.05, 3.63) is 53.3 Å². The Kier molecular flexibility index (Phi) is 3.67. The zero-order chi connectivity index (χ0) is 14.7. The van der Waals surface area contributed by atoms with E-state index in [1.54, 1.807) is 0 Å². The Morgan fingerprint density at radius 3 is 2.60 bits per heavy atom. The van der Waals surface area contributed by atoms with Crippen LogP contribution in [0.25, 0.3) is 11.1 Å². The number of benzene rings is 2. The maximum absolute atomic E-state index is 14.0. The summed E-state index contributed by atoms with van der Waals surface area (Å²) in [6, 6.07) is 9.95. The summed E-state index contributed by atoms with van der Waals surface area (Å²) in [6.07, 6.45) is 0. The van der Waals surface area contributed by atoms with Crippen LogP contribution in [-0.2, 0) is 4.74 Å². The van der Waals surface area contributed by atoms with Crippen molar-refractivity contribution < 1.29 is 19.0 Å². The van der Waals surface area contributed by atoms with Crippen LogP contribution in [0, 0.1) is 17.1 Å². The Hall–Kier alpha value is -2.87. The fourth-order valence-corrected chi connectivity index (χ4v) is 1.79. The molecule has 1 N–H and O–H groups in total. The highest BCUT2D eigenvalue weighted by Crippen LogP contribution is 2.28. The number of phenolic OH excluding ortho intramolecular Hbond substituents is 1. The molecule has 0 heterocycles. The van der Waals surface area contributed by atoms with Crippen molar-refractivity contribution in [3.8, 4) is 22.9 Å². The monoisotopic (exact) mass is 271 g/mol. The molecule has 0 aliphatic rings. The zero-order valence-electron chi connectivity index (χ0n) is 10.6. The average molecular weight is 271 g/mol. The van der Waals surface area contributed by atoms with Crippen molar-refractivity contribution in [2.24, 2.45) is 0 Å². The number of rotatable bonds is 2. The second-order valence-corrected chi connectivity index (χ2v) is 4.03. The van der Waals surface area contributed by atoms with Gasteiger partial charge >= 0.3 is 5.97 Å². The van der Waals surface area contributed by atoms with Crippen LogP contribution < -0.4 is 0 Å². The first-order valence-corrected chi connectivity index (χ1v) is 5.68. The third kappa shape index (κ3) is 2.45. The number of methoxy groups -OCH3 is 1. The van der Waals surface area contributed by atoms with Crippen LogP contribution in [0.1, 0.15) is 15.9 Å². The summed E-state index contributed by atoms with van der Waals surface area (Å²) < 4.78 is 18.5. The number of aromatic hydroxyl groups is 1. The molecule has 0 unspecified atom stereocenters. The van der Waals surface area contributed by atoms with Crippen molar-refractivity contribution in [1.82, 2.24) is 0 Å². The number of nitrogens with zero attached hydrogens (tertiary/aromatic N) is 1. The first-order valence-electron chi connectivity index (χ1n) is 5.68. The predicted molar refractivity (Wildman–Crippen MR) is 69.6 cm³/mol. The van der Waals surface area contributed by atoms with Crippen molar-refractivity contribution in [1.29, 1.82) is 5.26 Å². The topological polar surface area (TPSA) is 70.3 Å². The summed E-state index contributed by atoms with van der Waals surface area (Å²) in [5, 5.41) is 18.3. The lowest BCUT2D eigenvalue weighted by molar-refractivity contribution is 0.0600. The highest BCUT2D eigenvalue weighted by atomic mass is 19.1. The van der Waals surface area contributed by atoms with Gasteiger partial charge in [-0.25, -0.2) is 9.18 Å². The van der Waals surface area contributed by atoms with E-state index in [1.165, 1.54) is 37.4 Å². The highest BCUT2D eigenvalue weighted by molar-refractivity contribution is 5.90. The SMILES string of the molecule is COC(=O)c1ccc(-c2ccc(C#N)c(O)c2)c(F)c1. The van der Waals surface area contributed by atoms with Crippen LogP contribution in [0.2, 0.25) is 0 Å². The molecule has 4 nitrogen and oxygen atoms in total. The molecule has 0 amide bonds. The van der Waals surface area contributed by atoms with E-state index in [4.69, 9.17) is 5.26 Å². The van der Waals surface area contributed by atoms with Gasteiger partial charge in [-0.3, -0.25) is 0 Å². The molecule has 0 fully saturated rings. The third-order valence-electron chi connectivity index (χ3n) is 2.82. The van der Waals surface area contributed by atoms with Crippen molar-refractivity contribution >= 4 is 5.97 Å². The summed E-state index contributed by atoms with van der Waals surface area (Å²) in [4.78, 5) is 11.3. The van der Waals surface area contributed by atoms with Crippen LogP contribution in [0.3, 0.4) is 0 Å². The van der Waals surface area contributed by atoms with Crippen LogP contribution in [0.15, 0.2) is 36.4 Å². The maximum atomic E-state index is 14.0. The van der Waals surface area contributed by atoms with Crippen LogP contribution in [-0.4, -0.2) is 18.2 Å². The van der Waals surface area contributed by atoms with Crippen molar-refractivity contribution in [2.45, 2.75) is 0 Å². The standard InChI is InChI=1S/C15H10FNO3/c1-20-15(19)10-4-5-12(13(16)6-10)9-2-3-11(8-17)14(18)7-9/h2-7,18H,1H3. The van der Waals surface area contributed by atoms with Gasteiger partial charge in [0.15, 0.2) is 0 Å². The summed E-state index contributed by atoms with van der Waals surface area (Å²) in [7, 11) is 1.22. The van der Waals surface area contributed by atoms with E-state index in [0.717, 1.165) is 6.07 Å². The first kappa shape index (κ1) is 13.6. The molecule has 0 spiro atoms. The molecule has 0 saturated heterocycles. The fraction of sp³-hybridized carbons (Fsp3) is 0.0667. The van der Waals surface area contributed by atoms with Gasteiger partial charge in [0.25, 0.3) is 0 Å². The van der Waals surface area contributed by atoms with E-state index in [9.17, 15) is 14.3 Å². The number of hydrogen-bond acceptors (Lipinski definition) is 4. The Balaban J connectivity index is 2.46. The van der Waals surface area contributed by atoms with Gasteiger partial charge in [-0.05, 0) is 29.8 Å². The number of carbonyl (C=O) groups excluding carboxylic acids is 1. The normalized spacial score (nSPS) is 9.85. The molecule has 2 aromatic carbocycles. The highest BCUT2D eigenvalue weighted by Gasteiger charge is 2.12. The second-order valence-electron chi connectivity index (χ2n) is 4.03. The molecule has 0 atom stereocenters. The number of hydrogen-bond donors (Lipinski definition) is 1. The van der Waals surface area contributed by atoms with Gasteiger partial charge in [0.05, 0.1) is 18.2 Å². The Morgan fingerprint density at radius 2 is 2.05 bits per heavy atom. The van der Waals surface area contributed by atoms with Gasteiger partial charge in [0.1, 0.15) is 17.6 Å². The van der Waals surface area contributed by atoms with Gasteiger partial charge in [-0.2, -0.15) is 5.26 Å². The third-order valence-corrected chi connectivity index (χ3v) is 2.82. The molecule has 0 aliphatic heterocycles. The molecule has 2 rings (SSSR count). The molecule has 0 aromatic heterocycles. The lowest BCUT2D eigenvalue weighted by Gasteiger charge is -2.06. The van der Waals surface area contributed by atoms with Crippen molar-refractivity contribution in [3.63, 3.8) is 0 Å². The summed E-state index contributed by atoms with van der Waals surface area (Å²) in [6.45, 7) is 0. The van der Waals surface area contributed by atoms with Gasteiger partial charge in [-0.15, -0.1) is 0 Å². The Morgan fingerprint density at radius 1 is 1.30 bits per heavy atom. The molecular formula is C15H10FNO3.